The third-order valence-corrected chi connectivity index (χ3v) is 1.15. The number of hydrogen-bond donors (Lipinski definition) is 1. The molecule has 0 radical (unpaired) electrons. The Bertz CT molecular complexity index is 60.0. The van der Waals surface area contributed by atoms with E-state index in [1.165, 1.54) is 0 Å². The molecule has 0 aromatic rings. The van der Waals surface area contributed by atoms with Gasteiger partial charge in [-0.1, -0.05) is 0 Å². The van der Waals surface area contributed by atoms with Gasteiger partial charge in [0, 0.05) is 12.3 Å². The van der Waals surface area contributed by atoms with Crippen LogP contribution in [0.15, 0.2) is 0 Å². The summed E-state index contributed by atoms with van der Waals surface area (Å²) in [6, 6.07) is 0. The average molecular weight is 135 g/mol. The second-order valence-electron chi connectivity index (χ2n) is 1.10. The topological polar surface area (TPSA) is 38.3 Å². The first-order valence-electron chi connectivity index (χ1n) is 2.23. The van der Waals surface area contributed by atoms with Crippen molar-refractivity contribution in [2.45, 2.75) is 0 Å². The molecule has 0 aliphatic carbocycles. The first-order chi connectivity index (χ1) is 3.91. The lowest BCUT2D eigenvalue weighted by Gasteiger charge is -1.95. The first kappa shape index (κ1) is 7.78. The maximum atomic E-state index is 9.48. The summed E-state index contributed by atoms with van der Waals surface area (Å²) >= 11 is 1.69. The lowest BCUT2D eigenvalue weighted by molar-refractivity contribution is -0.135. The summed E-state index contributed by atoms with van der Waals surface area (Å²) < 4.78 is 0. The number of carbonyl (C=O) groups is 1. The van der Waals surface area contributed by atoms with Crippen molar-refractivity contribution in [1.82, 2.24) is 5.48 Å². The minimum atomic E-state index is 0.375. The fourth-order valence-electron chi connectivity index (χ4n) is 0.237. The van der Waals surface area contributed by atoms with Crippen LogP contribution in [-0.4, -0.2) is 25.0 Å². The molecule has 4 heteroatoms. The van der Waals surface area contributed by atoms with Gasteiger partial charge in [-0.2, -0.15) is 17.2 Å². The molecular formula is C4H9NO2S. The molecule has 0 bridgehead atoms. The van der Waals surface area contributed by atoms with Gasteiger partial charge in [-0.05, 0) is 6.26 Å². The van der Waals surface area contributed by atoms with Crippen molar-refractivity contribution in [2.75, 3.05) is 18.6 Å². The molecule has 0 amide bonds. The Hall–Kier alpha value is -0.220. The zero-order valence-corrected chi connectivity index (χ0v) is 5.53. The summed E-state index contributed by atoms with van der Waals surface area (Å²) in [6.45, 7) is 1.08. The number of carbonyl (C=O) groups excluding carboxylic acids is 1. The molecular weight excluding hydrogens is 126 g/mol. The van der Waals surface area contributed by atoms with Crippen molar-refractivity contribution < 1.29 is 9.63 Å². The molecule has 0 heterocycles. The maximum absolute atomic E-state index is 9.48. The van der Waals surface area contributed by atoms with Crippen LogP contribution >= 0.6 is 11.8 Å². The minimum absolute atomic E-state index is 0.375. The van der Waals surface area contributed by atoms with Crippen LogP contribution in [0.25, 0.3) is 0 Å². The van der Waals surface area contributed by atoms with Gasteiger partial charge in [0.2, 0.25) is 0 Å². The zero-order valence-electron chi connectivity index (χ0n) is 4.72. The van der Waals surface area contributed by atoms with Gasteiger partial charge < -0.3 is 4.84 Å². The maximum Gasteiger partial charge on any atom is 0.312 e. The standard InChI is InChI=1S/C4H9NO2S/c1-8-3-2-5-7-4-6/h4-5H,2-3H2,1H3. The molecule has 0 spiro atoms. The average Bonchev–Trinajstić information content (AvgIpc) is 1.81. The summed E-state index contributed by atoms with van der Waals surface area (Å²) in [4.78, 5) is 13.7. The molecule has 0 rings (SSSR count). The summed E-state index contributed by atoms with van der Waals surface area (Å²) in [5, 5.41) is 0. The van der Waals surface area contributed by atoms with Crippen LogP contribution in [-0.2, 0) is 9.63 Å². The Morgan fingerprint density at radius 1 is 1.88 bits per heavy atom. The zero-order chi connectivity index (χ0) is 6.24. The fraction of sp³-hybridized carbons (Fsp3) is 0.750. The smallest absolute Gasteiger partial charge is 0.312 e. The number of hydrogen-bond acceptors (Lipinski definition) is 4. The largest absolute Gasteiger partial charge is 0.374 e. The van der Waals surface area contributed by atoms with Gasteiger partial charge in [-0.3, -0.25) is 4.79 Å². The highest BCUT2D eigenvalue weighted by Gasteiger charge is 1.80. The Morgan fingerprint density at radius 3 is 3.12 bits per heavy atom. The van der Waals surface area contributed by atoms with Gasteiger partial charge in [0.15, 0.2) is 0 Å². The van der Waals surface area contributed by atoms with Crippen molar-refractivity contribution in [3.05, 3.63) is 0 Å². The molecule has 8 heavy (non-hydrogen) atoms. The van der Waals surface area contributed by atoms with E-state index in [1.54, 1.807) is 11.8 Å². The molecule has 0 aromatic heterocycles. The van der Waals surface area contributed by atoms with E-state index in [9.17, 15) is 4.79 Å². The van der Waals surface area contributed by atoms with Gasteiger partial charge >= 0.3 is 6.47 Å². The molecule has 0 saturated heterocycles. The van der Waals surface area contributed by atoms with Crippen LogP contribution in [0.3, 0.4) is 0 Å². The van der Waals surface area contributed by atoms with E-state index in [-0.39, 0.29) is 0 Å². The third kappa shape index (κ3) is 5.78. The van der Waals surface area contributed by atoms with Gasteiger partial charge in [0.25, 0.3) is 0 Å². The van der Waals surface area contributed by atoms with Crippen molar-refractivity contribution in [1.29, 1.82) is 0 Å². The van der Waals surface area contributed by atoms with Crippen molar-refractivity contribution in [3.8, 4) is 0 Å². The Labute approximate surface area is 52.7 Å². The van der Waals surface area contributed by atoms with E-state index in [0.29, 0.717) is 13.0 Å². The number of thioether (sulfide) groups is 1. The molecule has 1 N–H and O–H groups in total. The van der Waals surface area contributed by atoms with E-state index in [4.69, 9.17) is 0 Å². The second kappa shape index (κ2) is 6.78. The SMILES string of the molecule is CSCCNOC=O. The molecule has 0 saturated carbocycles. The van der Waals surface area contributed by atoms with Crippen molar-refractivity contribution >= 4 is 18.2 Å². The molecule has 3 nitrogen and oxygen atoms in total. The lowest BCUT2D eigenvalue weighted by Crippen LogP contribution is -2.16. The fourth-order valence-corrected chi connectivity index (χ4v) is 0.524. The minimum Gasteiger partial charge on any atom is -0.374 e. The Kier molecular flexibility index (Phi) is 6.59. The Balaban J connectivity index is 2.62. The van der Waals surface area contributed by atoms with Crippen LogP contribution < -0.4 is 5.48 Å². The quantitative estimate of drug-likeness (QED) is 0.328. The molecule has 0 unspecified atom stereocenters. The molecule has 0 aliphatic heterocycles. The van der Waals surface area contributed by atoms with Crippen LogP contribution in [0.5, 0.6) is 0 Å². The van der Waals surface area contributed by atoms with Crippen LogP contribution in [0.2, 0.25) is 0 Å². The Morgan fingerprint density at radius 2 is 2.62 bits per heavy atom. The van der Waals surface area contributed by atoms with Crippen LogP contribution in [0.1, 0.15) is 0 Å². The van der Waals surface area contributed by atoms with Crippen molar-refractivity contribution in [3.63, 3.8) is 0 Å². The van der Waals surface area contributed by atoms with E-state index in [1.807, 2.05) is 6.26 Å². The number of hydroxylamine groups is 1. The normalized spacial score (nSPS) is 8.62. The van der Waals surface area contributed by atoms with E-state index < -0.39 is 0 Å². The van der Waals surface area contributed by atoms with Gasteiger partial charge in [-0.25, -0.2) is 0 Å². The highest BCUT2D eigenvalue weighted by Crippen LogP contribution is 1.85. The third-order valence-electron chi connectivity index (χ3n) is 0.540. The second-order valence-corrected chi connectivity index (χ2v) is 2.09. The molecule has 0 aromatic carbocycles. The predicted molar refractivity (Wildman–Crippen MR) is 33.5 cm³/mol. The monoisotopic (exact) mass is 135 g/mol. The summed E-state index contributed by atoms with van der Waals surface area (Å²) in [5.74, 6) is 0.952. The van der Waals surface area contributed by atoms with E-state index >= 15 is 0 Å². The van der Waals surface area contributed by atoms with E-state index in [0.717, 1.165) is 5.75 Å². The molecule has 0 atom stereocenters. The van der Waals surface area contributed by atoms with Crippen LogP contribution in [0, 0.1) is 0 Å². The highest BCUT2D eigenvalue weighted by molar-refractivity contribution is 7.98. The number of rotatable bonds is 5. The molecule has 0 aliphatic rings. The summed E-state index contributed by atoms with van der Waals surface area (Å²) in [7, 11) is 0. The van der Waals surface area contributed by atoms with Gasteiger partial charge in [0.05, 0.1) is 0 Å². The molecule has 0 fully saturated rings. The van der Waals surface area contributed by atoms with Gasteiger partial charge in [-0.15, -0.1) is 0 Å². The summed E-state index contributed by atoms with van der Waals surface area (Å²) in [5.41, 5.74) is 2.45. The van der Waals surface area contributed by atoms with E-state index in [2.05, 4.69) is 10.3 Å². The summed E-state index contributed by atoms with van der Waals surface area (Å²) in [6.07, 6.45) is 1.99. The van der Waals surface area contributed by atoms with Gasteiger partial charge in [0.1, 0.15) is 0 Å². The lowest BCUT2D eigenvalue weighted by atomic mass is 10.8. The first-order valence-corrected chi connectivity index (χ1v) is 3.62. The highest BCUT2D eigenvalue weighted by atomic mass is 32.2. The molecule has 48 valence electrons. The predicted octanol–water partition coefficient (Wildman–Crippen LogP) is 0.0270. The van der Waals surface area contributed by atoms with Crippen LogP contribution in [0.4, 0.5) is 0 Å². The van der Waals surface area contributed by atoms with Crippen molar-refractivity contribution in [2.24, 2.45) is 0 Å². The number of nitrogens with one attached hydrogen (secondary N) is 1.